The fourth-order valence-corrected chi connectivity index (χ4v) is 2.49. The van der Waals surface area contributed by atoms with Gasteiger partial charge in [0.15, 0.2) is 17.3 Å². The number of fused-ring (bicyclic) bond motifs is 4. The number of hydrogen-bond donors (Lipinski definition) is 1. The first-order valence-electron chi connectivity index (χ1n) is 5.63. The maximum atomic E-state index is 13.7. The van der Waals surface area contributed by atoms with Gasteiger partial charge >= 0.3 is 6.03 Å². The van der Waals surface area contributed by atoms with Crippen molar-refractivity contribution in [2.24, 2.45) is 0 Å². The van der Waals surface area contributed by atoms with Crippen molar-refractivity contribution in [3.05, 3.63) is 29.3 Å². The summed E-state index contributed by atoms with van der Waals surface area (Å²) < 4.78 is 32.6. The van der Waals surface area contributed by atoms with E-state index in [1.54, 1.807) is 14.0 Å². The summed E-state index contributed by atoms with van der Waals surface area (Å²) in [5.41, 5.74) is -0.551. The monoisotopic (exact) mass is 254 g/mol. The molecule has 1 aromatic carbocycles. The lowest BCUT2D eigenvalue weighted by molar-refractivity contribution is -0.0744. The predicted octanol–water partition coefficient (Wildman–Crippen LogP) is 2.16. The normalized spacial score (nSPS) is 29.4. The number of hydrogen-bond acceptors (Lipinski definition) is 2. The zero-order valence-electron chi connectivity index (χ0n) is 9.96. The molecule has 0 saturated carbocycles. The van der Waals surface area contributed by atoms with Gasteiger partial charge in [0.2, 0.25) is 0 Å². The number of ether oxygens (including phenoxy) is 1. The minimum absolute atomic E-state index is 0.0157. The Morgan fingerprint density at radius 3 is 2.94 bits per heavy atom. The SMILES string of the molecule is CN1C(=O)NC2CC1(C)Oc1c(F)cc(F)cc12. The summed E-state index contributed by atoms with van der Waals surface area (Å²) in [7, 11) is 1.58. The zero-order chi connectivity index (χ0) is 13.1. The van der Waals surface area contributed by atoms with Crippen molar-refractivity contribution in [1.29, 1.82) is 0 Å². The first-order chi connectivity index (χ1) is 8.40. The number of rotatable bonds is 0. The van der Waals surface area contributed by atoms with Crippen LogP contribution in [0.1, 0.15) is 24.9 Å². The molecule has 2 atom stereocenters. The molecule has 2 aliphatic heterocycles. The third-order valence-electron chi connectivity index (χ3n) is 3.63. The maximum absolute atomic E-state index is 13.7. The van der Waals surface area contributed by atoms with E-state index in [0.717, 1.165) is 6.07 Å². The summed E-state index contributed by atoms with van der Waals surface area (Å²) >= 11 is 0. The number of benzene rings is 1. The molecule has 0 radical (unpaired) electrons. The van der Waals surface area contributed by atoms with Gasteiger partial charge in [0.05, 0.1) is 6.04 Å². The summed E-state index contributed by atoms with van der Waals surface area (Å²) in [6, 6.07) is 1.25. The Bertz CT molecular complexity index is 549. The largest absolute Gasteiger partial charge is 0.465 e. The van der Waals surface area contributed by atoms with Crippen molar-refractivity contribution in [2.75, 3.05) is 7.05 Å². The van der Waals surface area contributed by atoms with Gasteiger partial charge < -0.3 is 10.1 Å². The van der Waals surface area contributed by atoms with Crippen molar-refractivity contribution in [1.82, 2.24) is 10.2 Å². The number of nitrogens with one attached hydrogen (secondary N) is 1. The van der Waals surface area contributed by atoms with Crippen LogP contribution >= 0.6 is 0 Å². The molecule has 2 heterocycles. The van der Waals surface area contributed by atoms with Crippen LogP contribution in [0.4, 0.5) is 13.6 Å². The Morgan fingerprint density at radius 2 is 2.22 bits per heavy atom. The quantitative estimate of drug-likeness (QED) is 0.770. The summed E-state index contributed by atoms with van der Waals surface area (Å²) in [5, 5.41) is 2.71. The Labute approximate surface area is 103 Å². The van der Waals surface area contributed by atoms with E-state index in [9.17, 15) is 13.6 Å². The molecule has 6 heteroatoms. The van der Waals surface area contributed by atoms with Crippen LogP contribution in [0.2, 0.25) is 0 Å². The first-order valence-corrected chi connectivity index (χ1v) is 5.63. The summed E-state index contributed by atoms with van der Waals surface area (Å²) in [5.74, 6) is -1.40. The predicted molar refractivity (Wildman–Crippen MR) is 59.0 cm³/mol. The van der Waals surface area contributed by atoms with Crippen LogP contribution < -0.4 is 10.1 Å². The highest BCUT2D eigenvalue weighted by molar-refractivity contribution is 5.77. The zero-order valence-corrected chi connectivity index (χ0v) is 9.96. The Morgan fingerprint density at radius 1 is 1.50 bits per heavy atom. The average Bonchev–Trinajstić information content (AvgIpc) is 2.28. The molecule has 2 bridgehead atoms. The molecular weight excluding hydrogens is 242 g/mol. The van der Waals surface area contributed by atoms with Gasteiger partial charge in [0, 0.05) is 25.1 Å². The Balaban J connectivity index is 2.17. The van der Waals surface area contributed by atoms with Gasteiger partial charge in [-0.15, -0.1) is 0 Å². The minimum Gasteiger partial charge on any atom is -0.465 e. The number of halogens is 2. The van der Waals surface area contributed by atoms with Crippen molar-refractivity contribution in [2.45, 2.75) is 25.1 Å². The van der Waals surface area contributed by atoms with E-state index in [2.05, 4.69) is 5.32 Å². The lowest BCUT2D eigenvalue weighted by Gasteiger charge is -2.49. The minimum atomic E-state index is -0.904. The van der Waals surface area contributed by atoms with Crippen molar-refractivity contribution < 1.29 is 18.3 Å². The number of urea groups is 1. The Kier molecular flexibility index (Phi) is 2.09. The molecule has 2 aliphatic rings. The molecule has 2 unspecified atom stereocenters. The van der Waals surface area contributed by atoms with E-state index >= 15 is 0 Å². The van der Waals surface area contributed by atoms with Gasteiger partial charge in [-0.25, -0.2) is 13.6 Å². The number of amides is 2. The molecule has 0 aromatic heterocycles. The van der Waals surface area contributed by atoms with Gasteiger partial charge in [0.25, 0.3) is 0 Å². The van der Waals surface area contributed by atoms with Crippen LogP contribution in [0, 0.1) is 11.6 Å². The van der Waals surface area contributed by atoms with Crippen molar-refractivity contribution >= 4 is 6.03 Å². The molecule has 1 fully saturated rings. The van der Waals surface area contributed by atoms with E-state index in [1.807, 2.05) is 0 Å². The lowest BCUT2D eigenvalue weighted by atomic mass is 9.90. The average molecular weight is 254 g/mol. The van der Waals surface area contributed by atoms with Crippen molar-refractivity contribution in [3.8, 4) is 5.75 Å². The Hall–Kier alpha value is -1.85. The maximum Gasteiger partial charge on any atom is 0.320 e. The number of carbonyl (C=O) groups excluding carboxylic acids is 1. The van der Waals surface area contributed by atoms with Crippen LogP contribution in [0.3, 0.4) is 0 Å². The van der Waals surface area contributed by atoms with E-state index in [0.29, 0.717) is 12.0 Å². The summed E-state index contributed by atoms with van der Waals surface area (Å²) in [6.45, 7) is 1.71. The number of nitrogens with zero attached hydrogens (tertiary/aromatic N) is 1. The second-order valence-electron chi connectivity index (χ2n) is 4.85. The van der Waals surface area contributed by atoms with Crippen molar-refractivity contribution in [3.63, 3.8) is 0 Å². The van der Waals surface area contributed by atoms with Gasteiger partial charge in [-0.2, -0.15) is 0 Å². The van der Waals surface area contributed by atoms with Crippen LogP contribution in [0.15, 0.2) is 12.1 Å². The standard InChI is InChI=1S/C12H12F2N2O2/c1-12-5-9(15-11(17)16(12)2)7-3-6(13)4-8(14)10(7)18-12/h3-4,9H,5H2,1-2H3,(H,15,17). The molecule has 3 rings (SSSR count). The molecule has 18 heavy (non-hydrogen) atoms. The highest BCUT2D eigenvalue weighted by Crippen LogP contribution is 2.44. The van der Waals surface area contributed by atoms with E-state index in [1.165, 1.54) is 11.0 Å². The van der Waals surface area contributed by atoms with E-state index < -0.39 is 23.4 Å². The summed E-state index contributed by atoms with van der Waals surface area (Å²) in [6.07, 6.45) is 0.450. The topological polar surface area (TPSA) is 41.6 Å². The van der Waals surface area contributed by atoms with Crippen LogP contribution in [0.25, 0.3) is 0 Å². The van der Waals surface area contributed by atoms with Gasteiger partial charge in [-0.3, -0.25) is 4.90 Å². The van der Waals surface area contributed by atoms with Gasteiger partial charge in [-0.1, -0.05) is 0 Å². The molecule has 0 spiro atoms. The second-order valence-corrected chi connectivity index (χ2v) is 4.85. The van der Waals surface area contributed by atoms with Crippen LogP contribution in [-0.4, -0.2) is 23.7 Å². The highest BCUT2D eigenvalue weighted by Gasteiger charge is 2.48. The molecule has 1 aromatic rings. The van der Waals surface area contributed by atoms with Crippen LogP contribution in [0.5, 0.6) is 5.75 Å². The first kappa shape index (κ1) is 11.3. The van der Waals surface area contributed by atoms with Gasteiger partial charge in [-0.05, 0) is 13.0 Å². The molecule has 1 N–H and O–H groups in total. The lowest BCUT2D eigenvalue weighted by Crippen LogP contribution is -2.63. The fourth-order valence-electron chi connectivity index (χ4n) is 2.49. The van der Waals surface area contributed by atoms with Gasteiger partial charge in [0.1, 0.15) is 5.82 Å². The molecule has 2 amide bonds. The van der Waals surface area contributed by atoms with Crippen LogP contribution in [-0.2, 0) is 0 Å². The summed E-state index contributed by atoms with van der Waals surface area (Å²) in [4.78, 5) is 13.1. The third kappa shape index (κ3) is 1.38. The molecule has 96 valence electrons. The molecule has 4 nitrogen and oxygen atoms in total. The molecule has 0 aliphatic carbocycles. The molecular formula is C12H12F2N2O2. The number of carbonyl (C=O) groups is 1. The third-order valence-corrected chi connectivity index (χ3v) is 3.63. The fraction of sp³-hybridized carbons (Fsp3) is 0.417. The highest BCUT2D eigenvalue weighted by atomic mass is 19.1. The van der Waals surface area contributed by atoms with E-state index in [4.69, 9.17) is 4.74 Å². The molecule has 1 saturated heterocycles. The second kappa shape index (κ2) is 3.34. The van der Waals surface area contributed by atoms with E-state index in [-0.39, 0.29) is 11.8 Å². The smallest absolute Gasteiger partial charge is 0.320 e.